The fourth-order valence-electron chi connectivity index (χ4n) is 2.71. The first-order chi connectivity index (χ1) is 13.6. The van der Waals surface area contributed by atoms with Crippen molar-refractivity contribution in [1.82, 2.24) is 10.3 Å². The van der Waals surface area contributed by atoms with E-state index in [1.807, 2.05) is 36.4 Å². The number of methoxy groups -OCH3 is 1. The van der Waals surface area contributed by atoms with Crippen LogP contribution >= 0.6 is 0 Å². The Kier molecular flexibility index (Phi) is 6.01. The molecule has 3 aromatic rings. The van der Waals surface area contributed by atoms with Crippen molar-refractivity contribution in [3.63, 3.8) is 0 Å². The second-order valence-electron chi connectivity index (χ2n) is 6.22. The van der Waals surface area contributed by atoms with Gasteiger partial charge in [0.15, 0.2) is 5.78 Å². The molecule has 2 N–H and O–H groups in total. The number of amides is 1. The van der Waals surface area contributed by atoms with Crippen molar-refractivity contribution >= 4 is 23.1 Å². The van der Waals surface area contributed by atoms with Crippen molar-refractivity contribution in [3.8, 4) is 5.75 Å². The molecule has 1 heterocycles. The molecule has 0 radical (unpaired) electrons. The summed E-state index contributed by atoms with van der Waals surface area (Å²) in [7, 11) is 1.60. The zero-order valence-corrected chi connectivity index (χ0v) is 15.7. The van der Waals surface area contributed by atoms with Crippen molar-refractivity contribution in [2.24, 2.45) is 0 Å². The summed E-state index contributed by atoms with van der Waals surface area (Å²) in [5.41, 5.74) is 3.47. The SMILES string of the molecule is COc1ccccc1CNC(=O)c1cncc(Nc2ccc(C(C)=O)cc2)c1. The highest BCUT2D eigenvalue weighted by atomic mass is 16.5. The number of ether oxygens (including phenoxy) is 1. The highest BCUT2D eigenvalue weighted by Crippen LogP contribution is 2.19. The summed E-state index contributed by atoms with van der Waals surface area (Å²) in [6.07, 6.45) is 3.15. The molecule has 2 aromatic carbocycles. The fourth-order valence-corrected chi connectivity index (χ4v) is 2.71. The number of ketones is 1. The Hall–Kier alpha value is -3.67. The maximum absolute atomic E-state index is 12.5. The quantitative estimate of drug-likeness (QED) is 0.611. The van der Waals surface area contributed by atoms with Crippen molar-refractivity contribution in [2.45, 2.75) is 13.5 Å². The summed E-state index contributed by atoms with van der Waals surface area (Å²) in [6, 6.07) is 16.4. The van der Waals surface area contributed by atoms with Crippen LogP contribution in [0.5, 0.6) is 5.75 Å². The first-order valence-electron chi connectivity index (χ1n) is 8.80. The molecule has 0 aliphatic carbocycles. The molecule has 0 bridgehead atoms. The third-order valence-electron chi connectivity index (χ3n) is 4.21. The number of hydrogen-bond donors (Lipinski definition) is 2. The number of aromatic nitrogens is 1. The lowest BCUT2D eigenvalue weighted by Gasteiger charge is -2.11. The molecular weight excluding hydrogens is 354 g/mol. The van der Waals surface area contributed by atoms with Crippen LogP contribution in [0, 0.1) is 0 Å². The van der Waals surface area contributed by atoms with E-state index in [0.29, 0.717) is 23.4 Å². The number of para-hydroxylation sites is 1. The molecule has 0 fully saturated rings. The minimum Gasteiger partial charge on any atom is -0.496 e. The zero-order valence-electron chi connectivity index (χ0n) is 15.7. The van der Waals surface area contributed by atoms with Gasteiger partial charge in [0.05, 0.1) is 24.6 Å². The number of anilines is 2. The molecule has 6 heteroatoms. The number of carbonyl (C=O) groups excluding carboxylic acids is 2. The number of carbonyl (C=O) groups is 2. The first-order valence-corrected chi connectivity index (χ1v) is 8.80. The van der Waals surface area contributed by atoms with E-state index in [1.54, 1.807) is 31.5 Å². The van der Waals surface area contributed by atoms with E-state index in [1.165, 1.54) is 13.1 Å². The lowest BCUT2D eigenvalue weighted by Crippen LogP contribution is -2.23. The van der Waals surface area contributed by atoms with Crippen LogP contribution in [0.3, 0.4) is 0 Å². The van der Waals surface area contributed by atoms with Gasteiger partial charge in [0.1, 0.15) is 5.75 Å². The van der Waals surface area contributed by atoms with Gasteiger partial charge in [-0.05, 0) is 43.3 Å². The smallest absolute Gasteiger partial charge is 0.253 e. The normalized spacial score (nSPS) is 10.2. The van der Waals surface area contributed by atoms with E-state index in [2.05, 4.69) is 15.6 Å². The van der Waals surface area contributed by atoms with Crippen LogP contribution in [0.1, 0.15) is 33.2 Å². The van der Waals surface area contributed by atoms with Crippen LogP contribution < -0.4 is 15.4 Å². The Balaban J connectivity index is 1.66. The summed E-state index contributed by atoms with van der Waals surface area (Å²) in [5, 5.41) is 6.06. The number of benzene rings is 2. The summed E-state index contributed by atoms with van der Waals surface area (Å²) in [4.78, 5) is 28.0. The van der Waals surface area contributed by atoms with E-state index in [9.17, 15) is 9.59 Å². The molecule has 6 nitrogen and oxygen atoms in total. The molecule has 0 aliphatic heterocycles. The molecule has 1 aromatic heterocycles. The average molecular weight is 375 g/mol. The van der Waals surface area contributed by atoms with Crippen molar-refractivity contribution in [2.75, 3.05) is 12.4 Å². The molecule has 28 heavy (non-hydrogen) atoms. The van der Waals surface area contributed by atoms with Gasteiger partial charge in [-0.2, -0.15) is 0 Å². The van der Waals surface area contributed by atoms with E-state index in [-0.39, 0.29) is 11.7 Å². The molecule has 3 rings (SSSR count). The van der Waals surface area contributed by atoms with Crippen LogP contribution in [0.25, 0.3) is 0 Å². The van der Waals surface area contributed by atoms with Gasteiger partial charge in [-0.25, -0.2) is 0 Å². The summed E-state index contributed by atoms with van der Waals surface area (Å²) in [6.45, 7) is 1.88. The Bertz CT molecular complexity index is 984. The maximum atomic E-state index is 12.5. The van der Waals surface area contributed by atoms with Gasteiger partial charge in [0.2, 0.25) is 0 Å². The molecular formula is C22H21N3O3. The summed E-state index contributed by atoms with van der Waals surface area (Å²) < 4.78 is 5.30. The molecule has 142 valence electrons. The first kappa shape index (κ1) is 19.1. The summed E-state index contributed by atoms with van der Waals surface area (Å²) in [5.74, 6) is 0.515. The van der Waals surface area contributed by atoms with Crippen molar-refractivity contribution < 1.29 is 14.3 Å². The molecule has 0 spiro atoms. The van der Waals surface area contributed by atoms with E-state index < -0.39 is 0 Å². The molecule has 0 saturated heterocycles. The van der Waals surface area contributed by atoms with Gasteiger partial charge in [-0.3, -0.25) is 14.6 Å². The largest absolute Gasteiger partial charge is 0.496 e. The second kappa shape index (κ2) is 8.81. The predicted octanol–water partition coefficient (Wildman–Crippen LogP) is 3.97. The van der Waals surface area contributed by atoms with Crippen molar-refractivity contribution in [1.29, 1.82) is 0 Å². The molecule has 1 amide bonds. The van der Waals surface area contributed by atoms with Crippen LogP contribution in [0.4, 0.5) is 11.4 Å². The molecule has 0 saturated carbocycles. The fraction of sp³-hybridized carbons (Fsp3) is 0.136. The van der Waals surface area contributed by atoms with Crippen LogP contribution in [-0.2, 0) is 6.54 Å². The number of rotatable bonds is 7. The highest BCUT2D eigenvalue weighted by Gasteiger charge is 2.09. The van der Waals surface area contributed by atoms with Crippen LogP contribution in [0.15, 0.2) is 67.0 Å². The molecule has 0 atom stereocenters. The van der Waals surface area contributed by atoms with Gasteiger partial charge in [0.25, 0.3) is 5.91 Å². The Morgan fingerprint density at radius 1 is 0.964 bits per heavy atom. The van der Waals surface area contributed by atoms with E-state index in [4.69, 9.17) is 4.74 Å². The molecule has 0 aliphatic rings. The second-order valence-corrected chi connectivity index (χ2v) is 6.22. The van der Waals surface area contributed by atoms with Gasteiger partial charge < -0.3 is 15.4 Å². The van der Waals surface area contributed by atoms with Gasteiger partial charge in [0, 0.05) is 29.6 Å². The summed E-state index contributed by atoms with van der Waals surface area (Å²) >= 11 is 0. The maximum Gasteiger partial charge on any atom is 0.253 e. The van der Waals surface area contributed by atoms with Gasteiger partial charge in [-0.15, -0.1) is 0 Å². The highest BCUT2D eigenvalue weighted by molar-refractivity contribution is 5.95. The van der Waals surface area contributed by atoms with Crippen molar-refractivity contribution in [3.05, 3.63) is 83.7 Å². The third-order valence-corrected chi connectivity index (χ3v) is 4.21. The Labute approximate surface area is 163 Å². The zero-order chi connectivity index (χ0) is 19.9. The third kappa shape index (κ3) is 4.73. The Morgan fingerprint density at radius 2 is 1.71 bits per heavy atom. The van der Waals surface area contributed by atoms with E-state index >= 15 is 0 Å². The topological polar surface area (TPSA) is 80.3 Å². The number of nitrogens with one attached hydrogen (secondary N) is 2. The number of pyridine rings is 1. The lowest BCUT2D eigenvalue weighted by molar-refractivity contribution is 0.0949. The number of nitrogens with zero attached hydrogens (tertiary/aromatic N) is 1. The Morgan fingerprint density at radius 3 is 2.43 bits per heavy atom. The predicted molar refractivity (Wildman–Crippen MR) is 108 cm³/mol. The van der Waals surface area contributed by atoms with Crippen LogP contribution in [0.2, 0.25) is 0 Å². The lowest BCUT2D eigenvalue weighted by atomic mass is 10.1. The van der Waals surface area contributed by atoms with Gasteiger partial charge in [-0.1, -0.05) is 18.2 Å². The minimum atomic E-state index is -0.228. The number of Topliss-reactive ketones (excluding diaryl/α,β-unsaturated/α-hetero) is 1. The standard InChI is InChI=1S/C22H21N3O3/c1-15(26)16-7-9-19(10-8-16)25-20-11-18(12-23-14-20)22(27)24-13-17-5-3-4-6-21(17)28-2/h3-12,14,25H,13H2,1-2H3,(H,24,27). The number of hydrogen-bond acceptors (Lipinski definition) is 5. The van der Waals surface area contributed by atoms with Gasteiger partial charge >= 0.3 is 0 Å². The molecule has 0 unspecified atom stereocenters. The minimum absolute atomic E-state index is 0.0157. The monoisotopic (exact) mass is 375 g/mol. The average Bonchev–Trinajstić information content (AvgIpc) is 2.72. The van der Waals surface area contributed by atoms with E-state index in [0.717, 1.165) is 17.0 Å². The van der Waals surface area contributed by atoms with Crippen LogP contribution in [-0.4, -0.2) is 23.8 Å².